The highest BCUT2D eigenvalue weighted by atomic mass is 15.2. The van der Waals surface area contributed by atoms with E-state index in [0.717, 1.165) is 39.1 Å². The number of piperazine rings is 1. The van der Waals surface area contributed by atoms with Gasteiger partial charge in [0, 0.05) is 44.1 Å². The van der Waals surface area contributed by atoms with Gasteiger partial charge in [-0.3, -0.25) is 0 Å². The summed E-state index contributed by atoms with van der Waals surface area (Å²) in [4.78, 5) is 4.87. The molecule has 2 aliphatic heterocycles. The lowest BCUT2D eigenvalue weighted by Crippen LogP contribution is -2.44. The summed E-state index contributed by atoms with van der Waals surface area (Å²) in [5.74, 6) is 0. The molecule has 0 unspecified atom stereocenters. The summed E-state index contributed by atoms with van der Waals surface area (Å²) in [6, 6.07) is 4.61. The minimum atomic E-state index is 1.07. The highest BCUT2D eigenvalue weighted by Crippen LogP contribution is 2.32. The van der Waals surface area contributed by atoms with Gasteiger partial charge in [-0.2, -0.15) is 0 Å². The maximum absolute atomic E-state index is 3.97. The van der Waals surface area contributed by atoms with Crippen molar-refractivity contribution in [1.82, 2.24) is 4.90 Å². The Morgan fingerprint density at radius 2 is 2.00 bits per heavy atom. The Kier molecular flexibility index (Phi) is 3.00. The van der Waals surface area contributed by atoms with Crippen LogP contribution in [0.3, 0.4) is 0 Å². The van der Waals surface area contributed by atoms with Gasteiger partial charge in [0.2, 0.25) is 0 Å². The van der Waals surface area contributed by atoms with Gasteiger partial charge >= 0.3 is 0 Å². The number of nitrogens with zero attached hydrogens (tertiary/aromatic N) is 2. The third kappa shape index (κ3) is 1.99. The molecule has 96 valence electrons. The number of hydrogen-bond acceptors (Lipinski definition) is 3. The van der Waals surface area contributed by atoms with E-state index in [0.29, 0.717) is 0 Å². The van der Waals surface area contributed by atoms with Crippen LogP contribution < -0.4 is 10.2 Å². The van der Waals surface area contributed by atoms with E-state index in [2.05, 4.69) is 40.9 Å². The Morgan fingerprint density at radius 1 is 1.22 bits per heavy atom. The van der Waals surface area contributed by atoms with Gasteiger partial charge in [-0.25, -0.2) is 0 Å². The Balaban J connectivity index is 1.93. The molecule has 0 amide bonds. The second kappa shape index (κ2) is 4.65. The Morgan fingerprint density at radius 3 is 2.72 bits per heavy atom. The van der Waals surface area contributed by atoms with E-state index in [1.165, 1.54) is 22.5 Å². The maximum Gasteiger partial charge on any atom is 0.0461 e. The fourth-order valence-corrected chi connectivity index (χ4v) is 2.84. The number of hydrogen-bond donors (Lipinski definition) is 1. The zero-order valence-corrected chi connectivity index (χ0v) is 11.1. The lowest BCUT2D eigenvalue weighted by molar-refractivity contribution is 0.313. The van der Waals surface area contributed by atoms with Crippen molar-refractivity contribution < 1.29 is 0 Å². The van der Waals surface area contributed by atoms with Crippen LogP contribution in [0.15, 0.2) is 18.7 Å². The van der Waals surface area contributed by atoms with Crippen molar-refractivity contribution in [2.24, 2.45) is 0 Å². The Labute approximate surface area is 109 Å². The van der Waals surface area contributed by atoms with Gasteiger partial charge in [0.25, 0.3) is 0 Å². The van der Waals surface area contributed by atoms with E-state index >= 15 is 0 Å². The number of benzene rings is 1. The van der Waals surface area contributed by atoms with Crippen molar-refractivity contribution in [1.29, 1.82) is 0 Å². The summed E-state index contributed by atoms with van der Waals surface area (Å²) in [5, 5.41) is 3.47. The molecule has 3 rings (SSSR count). The molecule has 2 heterocycles. The normalized spacial score (nSPS) is 19.5. The van der Waals surface area contributed by atoms with Gasteiger partial charge in [0.05, 0.1) is 0 Å². The zero-order chi connectivity index (χ0) is 12.5. The molecule has 3 heteroatoms. The number of nitrogens with one attached hydrogen (secondary N) is 1. The topological polar surface area (TPSA) is 18.5 Å². The van der Waals surface area contributed by atoms with Crippen LogP contribution in [-0.2, 0) is 6.42 Å². The van der Waals surface area contributed by atoms with E-state index in [1.807, 2.05) is 6.08 Å². The summed E-state index contributed by atoms with van der Waals surface area (Å²) in [7, 11) is 2.19. The first kappa shape index (κ1) is 11.6. The van der Waals surface area contributed by atoms with Crippen LogP contribution in [0.25, 0.3) is 6.08 Å². The molecule has 0 spiro atoms. The third-order valence-corrected chi connectivity index (χ3v) is 4.03. The minimum Gasteiger partial charge on any atom is -0.384 e. The van der Waals surface area contributed by atoms with Gasteiger partial charge in [-0.15, -0.1) is 0 Å². The van der Waals surface area contributed by atoms with E-state index in [9.17, 15) is 0 Å². The molecule has 0 radical (unpaired) electrons. The molecule has 0 atom stereocenters. The lowest BCUT2D eigenvalue weighted by Gasteiger charge is -2.35. The van der Waals surface area contributed by atoms with Crippen LogP contribution in [0.4, 0.5) is 11.4 Å². The highest BCUT2D eigenvalue weighted by molar-refractivity contribution is 5.75. The average Bonchev–Trinajstić information content (AvgIpc) is 2.85. The molecule has 1 aromatic rings. The lowest BCUT2D eigenvalue weighted by atomic mass is 10.0. The fraction of sp³-hybridized carbons (Fsp3) is 0.467. The summed E-state index contributed by atoms with van der Waals surface area (Å²) in [6.07, 6.45) is 3.13. The zero-order valence-electron chi connectivity index (χ0n) is 11.1. The van der Waals surface area contributed by atoms with Crippen molar-refractivity contribution >= 4 is 17.5 Å². The van der Waals surface area contributed by atoms with Gasteiger partial charge in [0.1, 0.15) is 0 Å². The van der Waals surface area contributed by atoms with Gasteiger partial charge < -0.3 is 15.1 Å². The molecule has 2 aliphatic rings. The van der Waals surface area contributed by atoms with Crippen molar-refractivity contribution in [3.8, 4) is 0 Å². The molecule has 0 bridgehead atoms. The average molecular weight is 243 g/mol. The van der Waals surface area contributed by atoms with E-state index in [1.54, 1.807) is 0 Å². The van der Waals surface area contributed by atoms with Crippen LogP contribution in [0.5, 0.6) is 0 Å². The predicted molar refractivity (Wildman–Crippen MR) is 78.4 cm³/mol. The van der Waals surface area contributed by atoms with Crippen LogP contribution in [0.2, 0.25) is 0 Å². The smallest absolute Gasteiger partial charge is 0.0461 e. The molecule has 1 saturated heterocycles. The number of anilines is 2. The Hall–Kier alpha value is -1.48. The summed E-state index contributed by atoms with van der Waals surface area (Å²) in [6.45, 7) is 9.53. The number of fused-ring (bicyclic) bond motifs is 1. The van der Waals surface area contributed by atoms with Gasteiger partial charge in [-0.05, 0) is 36.7 Å². The molecule has 3 nitrogen and oxygen atoms in total. The molecule has 1 N–H and O–H groups in total. The highest BCUT2D eigenvalue weighted by Gasteiger charge is 2.19. The SMILES string of the molecule is C=Cc1cc2c(cc1N1CCN(C)CC1)NCC2. The van der Waals surface area contributed by atoms with Gasteiger partial charge in [0.15, 0.2) is 0 Å². The molecule has 1 aromatic carbocycles. The summed E-state index contributed by atoms with van der Waals surface area (Å²) >= 11 is 0. The Bertz CT molecular complexity index is 459. The quantitative estimate of drug-likeness (QED) is 0.857. The molecular weight excluding hydrogens is 222 g/mol. The standard InChI is InChI=1S/C15H21N3/c1-3-12-10-13-4-5-16-14(13)11-15(12)18-8-6-17(2)7-9-18/h3,10-11,16H,1,4-9H2,2H3. The fourth-order valence-electron chi connectivity index (χ4n) is 2.84. The van der Waals surface area contributed by atoms with E-state index < -0.39 is 0 Å². The van der Waals surface area contributed by atoms with Crippen LogP contribution >= 0.6 is 0 Å². The van der Waals surface area contributed by atoms with Crippen molar-refractivity contribution in [3.63, 3.8) is 0 Å². The molecule has 0 aromatic heterocycles. The first-order valence-corrected chi connectivity index (χ1v) is 6.74. The molecule has 0 aliphatic carbocycles. The largest absolute Gasteiger partial charge is 0.384 e. The predicted octanol–water partition coefficient (Wildman–Crippen LogP) is 2.05. The second-order valence-electron chi connectivity index (χ2n) is 5.24. The second-order valence-corrected chi connectivity index (χ2v) is 5.24. The molecule has 0 saturated carbocycles. The van der Waals surface area contributed by atoms with Crippen LogP contribution in [-0.4, -0.2) is 44.7 Å². The third-order valence-electron chi connectivity index (χ3n) is 4.03. The summed E-state index contributed by atoms with van der Waals surface area (Å²) in [5.41, 5.74) is 5.37. The van der Waals surface area contributed by atoms with Crippen molar-refractivity contribution in [2.75, 3.05) is 50.0 Å². The van der Waals surface area contributed by atoms with Gasteiger partial charge in [-0.1, -0.05) is 12.7 Å². The van der Waals surface area contributed by atoms with Crippen molar-refractivity contribution in [2.45, 2.75) is 6.42 Å². The minimum absolute atomic E-state index is 1.07. The molecule has 1 fully saturated rings. The maximum atomic E-state index is 3.97. The van der Waals surface area contributed by atoms with Crippen LogP contribution in [0, 0.1) is 0 Å². The number of rotatable bonds is 2. The van der Waals surface area contributed by atoms with E-state index in [-0.39, 0.29) is 0 Å². The summed E-state index contributed by atoms with van der Waals surface area (Å²) < 4.78 is 0. The first-order chi connectivity index (χ1) is 8.78. The molecule has 18 heavy (non-hydrogen) atoms. The number of likely N-dealkylation sites (N-methyl/N-ethyl adjacent to an activating group) is 1. The van der Waals surface area contributed by atoms with Crippen molar-refractivity contribution in [3.05, 3.63) is 29.8 Å². The molecular formula is C15H21N3. The van der Waals surface area contributed by atoms with Crippen LogP contribution in [0.1, 0.15) is 11.1 Å². The first-order valence-electron chi connectivity index (χ1n) is 6.74. The monoisotopic (exact) mass is 243 g/mol. The van der Waals surface area contributed by atoms with E-state index in [4.69, 9.17) is 0 Å².